The molecule has 0 bridgehead atoms. The second kappa shape index (κ2) is 7.98. The highest BCUT2D eigenvalue weighted by molar-refractivity contribution is 5.85. The van der Waals surface area contributed by atoms with Gasteiger partial charge in [0, 0.05) is 39.3 Å². The number of rotatable bonds is 4. The van der Waals surface area contributed by atoms with E-state index in [0.717, 1.165) is 24.3 Å². The summed E-state index contributed by atoms with van der Waals surface area (Å²) in [6.45, 7) is 10.3. The Balaban J connectivity index is 0.00000156. The minimum Gasteiger partial charge on any atom is -0.317 e. The first kappa shape index (κ1) is 17.2. The highest BCUT2D eigenvalue weighted by atomic mass is 35.5. The molecule has 0 amide bonds. The third-order valence-corrected chi connectivity index (χ3v) is 5.86. The van der Waals surface area contributed by atoms with Crippen LogP contribution in [-0.2, 0) is 6.54 Å². The van der Waals surface area contributed by atoms with Gasteiger partial charge < -0.3 is 10.2 Å². The van der Waals surface area contributed by atoms with Crippen molar-refractivity contribution < 1.29 is 0 Å². The molecule has 1 N–H and O–H groups in total. The van der Waals surface area contributed by atoms with Crippen LogP contribution in [-0.4, -0.2) is 55.6 Å². The SMILES string of the molecule is Cl.c1ccc(CN2C[C@@H]3CN(CC4CCNCC4)C[C@@H]3C2)cc1. The third-order valence-electron chi connectivity index (χ3n) is 5.86. The molecule has 0 saturated carbocycles. The summed E-state index contributed by atoms with van der Waals surface area (Å²) in [5, 5.41) is 3.48. The number of likely N-dealkylation sites (tertiary alicyclic amines) is 2. The van der Waals surface area contributed by atoms with Crippen molar-refractivity contribution >= 4 is 12.4 Å². The lowest BCUT2D eigenvalue weighted by molar-refractivity contribution is 0.207. The van der Waals surface area contributed by atoms with Crippen molar-refractivity contribution in [1.82, 2.24) is 15.1 Å². The Bertz CT molecular complexity index is 461. The largest absolute Gasteiger partial charge is 0.317 e. The highest BCUT2D eigenvalue weighted by Gasteiger charge is 2.40. The van der Waals surface area contributed by atoms with E-state index < -0.39 is 0 Å². The maximum atomic E-state index is 3.48. The van der Waals surface area contributed by atoms with E-state index in [9.17, 15) is 0 Å². The van der Waals surface area contributed by atoms with Crippen LogP contribution in [0, 0.1) is 17.8 Å². The maximum absolute atomic E-state index is 3.48. The number of hydrogen-bond acceptors (Lipinski definition) is 3. The zero-order chi connectivity index (χ0) is 14.8. The van der Waals surface area contributed by atoms with E-state index >= 15 is 0 Å². The molecular formula is C19H30ClN3. The summed E-state index contributed by atoms with van der Waals surface area (Å²) in [4.78, 5) is 5.44. The van der Waals surface area contributed by atoms with E-state index in [4.69, 9.17) is 0 Å². The van der Waals surface area contributed by atoms with Gasteiger partial charge in [-0.2, -0.15) is 0 Å². The molecule has 4 rings (SSSR count). The number of nitrogens with zero attached hydrogens (tertiary/aromatic N) is 2. The van der Waals surface area contributed by atoms with E-state index in [0.29, 0.717) is 0 Å². The van der Waals surface area contributed by atoms with Crippen LogP contribution in [0.3, 0.4) is 0 Å². The Morgan fingerprint density at radius 2 is 1.48 bits per heavy atom. The van der Waals surface area contributed by atoms with Gasteiger partial charge in [-0.3, -0.25) is 4.90 Å². The van der Waals surface area contributed by atoms with Crippen molar-refractivity contribution in [2.45, 2.75) is 19.4 Å². The van der Waals surface area contributed by atoms with Gasteiger partial charge in [-0.15, -0.1) is 12.4 Å². The summed E-state index contributed by atoms with van der Waals surface area (Å²) in [6.07, 6.45) is 2.76. The van der Waals surface area contributed by atoms with Gasteiger partial charge in [-0.25, -0.2) is 0 Å². The van der Waals surface area contributed by atoms with Crippen molar-refractivity contribution in [3.63, 3.8) is 0 Å². The van der Waals surface area contributed by atoms with Gasteiger partial charge in [0.25, 0.3) is 0 Å². The molecule has 4 heteroatoms. The Morgan fingerprint density at radius 1 is 0.870 bits per heavy atom. The summed E-state index contributed by atoms with van der Waals surface area (Å²) in [5.74, 6) is 2.79. The van der Waals surface area contributed by atoms with E-state index in [1.807, 2.05) is 0 Å². The molecule has 0 aromatic heterocycles. The van der Waals surface area contributed by atoms with Crippen LogP contribution in [0.25, 0.3) is 0 Å². The van der Waals surface area contributed by atoms with Crippen LogP contribution in [0.4, 0.5) is 0 Å². The highest BCUT2D eigenvalue weighted by Crippen LogP contribution is 2.32. The molecule has 2 atom stereocenters. The minimum absolute atomic E-state index is 0. The second-order valence-electron chi connectivity index (χ2n) is 7.61. The van der Waals surface area contributed by atoms with Crippen molar-refractivity contribution in [2.24, 2.45) is 17.8 Å². The average molecular weight is 336 g/mol. The van der Waals surface area contributed by atoms with Gasteiger partial charge in [0.05, 0.1) is 0 Å². The zero-order valence-electron chi connectivity index (χ0n) is 14.0. The van der Waals surface area contributed by atoms with Crippen LogP contribution in [0.5, 0.6) is 0 Å². The Morgan fingerprint density at radius 3 is 2.13 bits per heavy atom. The van der Waals surface area contributed by atoms with Gasteiger partial charge in [0.1, 0.15) is 0 Å². The van der Waals surface area contributed by atoms with Gasteiger partial charge in [0.15, 0.2) is 0 Å². The van der Waals surface area contributed by atoms with Gasteiger partial charge in [0.2, 0.25) is 0 Å². The van der Waals surface area contributed by atoms with Crippen molar-refractivity contribution in [2.75, 3.05) is 45.8 Å². The molecule has 23 heavy (non-hydrogen) atoms. The predicted octanol–water partition coefficient (Wildman–Crippen LogP) is 2.47. The van der Waals surface area contributed by atoms with Crippen LogP contribution in [0.1, 0.15) is 18.4 Å². The third kappa shape index (κ3) is 4.27. The van der Waals surface area contributed by atoms with Crippen molar-refractivity contribution in [3.8, 4) is 0 Å². The summed E-state index contributed by atoms with van der Waals surface area (Å²) in [7, 11) is 0. The fourth-order valence-corrected chi connectivity index (χ4v) is 4.74. The molecule has 3 nitrogen and oxygen atoms in total. The molecule has 0 aliphatic carbocycles. The van der Waals surface area contributed by atoms with Crippen LogP contribution in [0.15, 0.2) is 30.3 Å². The first-order valence-corrected chi connectivity index (χ1v) is 9.06. The smallest absolute Gasteiger partial charge is 0.0233 e. The quantitative estimate of drug-likeness (QED) is 0.912. The number of benzene rings is 1. The molecular weight excluding hydrogens is 306 g/mol. The standard InChI is InChI=1S/C19H29N3.ClH/c1-2-4-16(5-3-1)10-21-12-18-14-22(15-19(18)13-21)11-17-6-8-20-9-7-17;/h1-5,17-20H,6-15H2;1H/t18-,19+;. The number of piperidine rings is 1. The Hall–Kier alpha value is -0.610. The fourth-order valence-electron chi connectivity index (χ4n) is 4.74. The van der Waals surface area contributed by atoms with Crippen LogP contribution < -0.4 is 5.32 Å². The molecule has 1 aromatic rings. The first-order chi connectivity index (χ1) is 10.9. The maximum Gasteiger partial charge on any atom is 0.0233 e. The Kier molecular flexibility index (Phi) is 5.97. The predicted molar refractivity (Wildman–Crippen MR) is 98.0 cm³/mol. The molecule has 128 valence electrons. The number of hydrogen-bond donors (Lipinski definition) is 1. The average Bonchev–Trinajstić information content (AvgIpc) is 3.07. The fraction of sp³-hybridized carbons (Fsp3) is 0.684. The molecule has 0 spiro atoms. The van der Waals surface area contributed by atoms with Crippen molar-refractivity contribution in [1.29, 1.82) is 0 Å². The monoisotopic (exact) mass is 335 g/mol. The lowest BCUT2D eigenvalue weighted by atomic mass is 9.98. The lowest BCUT2D eigenvalue weighted by Crippen LogP contribution is -2.36. The van der Waals surface area contributed by atoms with Crippen molar-refractivity contribution in [3.05, 3.63) is 35.9 Å². The summed E-state index contributed by atoms with van der Waals surface area (Å²) >= 11 is 0. The minimum atomic E-state index is 0. The summed E-state index contributed by atoms with van der Waals surface area (Å²) < 4.78 is 0. The second-order valence-corrected chi connectivity index (χ2v) is 7.61. The zero-order valence-corrected chi connectivity index (χ0v) is 14.8. The molecule has 3 aliphatic rings. The van der Waals surface area contributed by atoms with E-state index in [-0.39, 0.29) is 12.4 Å². The molecule has 3 fully saturated rings. The lowest BCUT2D eigenvalue weighted by Gasteiger charge is -2.28. The van der Waals surface area contributed by atoms with Gasteiger partial charge >= 0.3 is 0 Å². The van der Waals surface area contributed by atoms with E-state index in [2.05, 4.69) is 45.4 Å². The molecule has 0 unspecified atom stereocenters. The van der Waals surface area contributed by atoms with E-state index in [1.54, 1.807) is 0 Å². The van der Waals surface area contributed by atoms with Gasteiger partial charge in [-0.05, 0) is 49.2 Å². The number of halogens is 1. The molecule has 1 aromatic carbocycles. The van der Waals surface area contributed by atoms with Crippen LogP contribution in [0.2, 0.25) is 0 Å². The molecule has 3 heterocycles. The van der Waals surface area contributed by atoms with Gasteiger partial charge in [-0.1, -0.05) is 30.3 Å². The molecule has 3 aliphatic heterocycles. The molecule has 3 saturated heterocycles. The number of nitrogens with one attached hydrogen (secondary N) is 1. The normalized spacial score (nSPS) is 29.4. The Labute approximate surface area is 146 Å². The summed E-state index contributed by atoms with van der Waals surface area (Å²) in [6, 6.07) is 11.0. The molecule has 0 radical (unpaired) electrons. The van der Waals surface area contributed by atoms with Crippen LogP contribution >= 0.6 is 12.4 Å². The summed E-state index contributed by atoms with van der Waals surface area (Å²) in [5.41, 5.74) is 1.47. The topological polar surface area (TPSA) is 18.5 Å². The number of fused-ring (bicyclic) bond motifs is 1. The first-order valence-electron chi connectivity index (χ1n) is 9.06. The van der Waals surface area contributed by atoms with E-state index in [1.165, 1.54) is 64.2 Å².